The predicted octanol–water partition coefficient (Wildman–Crippen LogP) is 5.20. The van der Waals surface area contributed by atoms with Gasteiger partial charge in [0.05, 0.1) is 18.2 Å². The van der Waals surface area contributed by atoms with Gasteiger partial charge in [0.25, 0.3) is 5.91 Å². The molecule has 4 aromatic rings. The minimum absolute atomic E-state index is 0.0130. The maximum Gasteiger partial charge on any atom is 0.255 e. The van der Waals surface area contributed by atoms with E-state index in [9.17, 15) is 9.18 Å². The second-order valence-corrected chi connectivity index (χ2v) is 7.32. The van der Waals surface area contributed by atoms with Crippen LogP contribution < -0.4 is 14.8 Å². The molecule has 0 spiro atoms. The van der Waals surface area contributed by atoms with Crippen LogP contribution in [-0.4, -0.2) is 29.5 Å². The fourth-order valence-corrected chi connectivity index (χ4v) is 3.36. The summed E-state index contributed by atoms with van der Waals surface area (Å²) in [6.07, 6.45) is 3.84. The molecule has 0 bridgehead atoms. The molecule has 162 valence electrons. The van der Waals surface area contributed by atoms with Crippen LogP contribution in [0.1, 0.15) is 16.1 Å². The Balaban J connectivity index is 1.62. The molecular formula is C24H19ClFN3O3. The molecule has 0 radical (unpaired) electrons. The van der Waals surface area contributed by atoms with Crippen molar-refractivity contribution >= 4 is 28.4 Å². The highest BCUT2D eigenvalue weighted by Crippen LogP contribution is 2.34. The Bertz CT molecular complexity index is 1270. The quantitative estimate of drug-likeness (QED) is 0.418. The first-order valence-electron chi connectivity index (χ1n) is 9.83. The van der Waals surface area contributed by atoms with Gasteiger partial charge in [-0.15, -0.1) is 0 Å². The number of nitrogens with one attached hydrogen (secondary N) is 1. The number of halogens is 2. The fraction of sp³-hybridized carbons (Fsp3) is 0.125. The van der Waals surface area contributed by atoms with Crippen LogP contribution in [-0.2, 0) is 6.42 Å². The lowest BCUT2D eigenvalue weighted by molar-refractivity contribution is 0.0951. The van der Waals surface area contributed by atoms with E-state index < -0.39 is 5.82 Å². The first kappa shape index (κ1) is 21.5. The molecule has 0 aliphatic heterocycles. The number of rotatable bonds is 7. The largest absolute Gasteiger partial charge is 0.496 e. The van der Waals surface area contributed by atoms with E-state index >= 15 is 0 Å². The van der Waals surface area contributed by atoms with Crippen molar-refractivity contribution in [1.82, 2.24) is 15.3 Å². The van der Waals surface area contributed by atoms with E-state index in [1.807, 2.05) is 18.2 Å². The number of amides is 1. The van der Waals surface area contributed by atoms with Gasteiger partial charge >= 0.3 is 0 Å². The number of benzene rings is 2. The topological polar surface area (TPSA) is 73.3 Å². The van der Waals surface area contributed by atoms with E-state index in [1.54, 1.807) is 24.4 Å². The molecule has 8 heteroatoms. The average molecular weight is 452 g/mol. The highest BCUT2D eigenvalue weighted by molar-refractivity contribution is 6.30. The molecule has 1 amide bonds. The van der Waals surface area contributed by atoms with Crippen LogP contribution in [0, 0.1) is 5.82 Å². The lowest BCUT2D eigenvalue weighted by Crippen LogP contribution is -2.26. The molecule has 0 unspecified atom stereocenters. The van der Waals surface area contributed by atoms with Crippen LogP contribution in [0.2, 0.25) is 5.02 Å². The van der Waals surface area contributed by atoms with Crippen molar-refractivity contribution < 1.29 is 18.7 Å². The third kappa shape index (κ3) is 4.78. The van der Waals surface area contributed by atoms with Crippen molar-refractivity contribution in [2.24, 2.45) is 0 Å². The standard InChI is InChI=1S/C24H19ClFN3O3/c1-31-23-14-20-17(13-18(23)24(30)29-10-7-16-4-2-3-9-27-16)21(8-11-28-20)32-22-6-5-15(25)12-19(22)26/h2-6,8-9,11-14H,7,10H2,1H3,(H,29,30). The molecule has 2 heterocycles. The summed E-state index contributed by atoms with van der Waals surface area (Å²) >= 11 is 5.82. The van der Waals surface area contributed by atoms with E-state index in [2.05, 4.69) is 15.3 Å². The van der Waals surface area contributed by atoms with Crippen LogP contribution in [0.3, 0.4) is 0 Å². The van der Waals surface area contributed by atoms with Gasteiger partial charge in [0, 0.05) is 47.5 Å². The smallest absolute Gasteiger partial charge is 0.255 e. The normalized spacial score (nSPS) is 10.7. The van der Waals surface area contributed by atoms with E-state index in [4.69, 9.17) is 21.1 Å². The predicted molar refractivity (Wildman–Crippen MR) is 120 cm³/mol. The number of ether oxygens (including phenoxy) is 2. The Morgan fingerprint density at radius 2 is 1.91 bits per heavy atom. The second kappa shape index (κ2) is 9.62. The molecule has 32 heavy (non-hydrogen) atoms. The number of nitrogens with zero attached hydrogens (tertiary/aromatic N) is 2. The first-order valence-corrected chi connectivity index (χ1v) is 10.2. The van der Waals surface area contributed by atoms with E-state index in [-0.39, 0.29) is 16.7 Å². The summed E-state index contributed by atoms with van der Waals surface area (Å²) in [5, 5.41) is 3.68. The molecule has 2 aromatic heterocycles. The Labute approximate surface area is 189 Å². The summed E-state index contributed by atoms with van der Waals surface area (Å²) in [6.45, 7) is 0.406. The van der Waals surface area contributed by atoms with Crippen molar-refractivity contribution in [3.63, 3.8) is 0 Å². The van der Waals surface area contributed by atoms with E-state index in [0.29, 0.717) is 40.9 Å². The van der Waals surface area contributed by atoms with Gasteiger partial charge in [-0.2, -0.15) is 0 Å². The third-order valence-corrected chi connectivity index (χ3v) is 5.01. The number of methoxy groups -OCH3 is 1. The number of carbonyl (C=O) groups excluding carboxylic acids is 1. The minimum Gasteiger partial charge on any atom is -0.496 e. The average Bonchev–Trinajstić information content (AvgIpc) is 2.80. The summed E-state index contributed by atoms with van der Waals surface area (Å²) < 4.78 is 25.4. The number of pyridine rings is 2. The van der Waals surface area contributed by atoms with Crippen LogP contribution in [0.25, 0.3) is 10.9 Å². The Morgan fingerprint density at radius 1 is 1.03 bits per heavy atom. The molecule has 0 aliphatic carbocycles. The minimum atomic E-state index is -0.594. The van der Waals surface area contributed by atoms with Crippen LogP contribution >= 0.6 is 11.6 Å². The first-order chi connectivity index (χ1) is 15.5. The van der Waals surface area contributed by atoms with Gasteiger partial charge in [-0.05, 0) is 42.5 Å². The second-order valence-electron chi connectivity index (χ2n) is 6.88. The zero-order valence-electron chi connectivity index (χ0n) is 17.1. The van der Waals surface area contributed by atoms with Gasteiger partial charge in [-0.1, -0.05) is 17.7 Å². The van der Waals surface area contributed by atoms with Gasteiger partial charge in [0.15, 0.2) is 11.6 Å². The maximum atomic E-state index is 14.2. The molecule has 2 aromatic carbocycles. The number of hydrogen-bond acceptors (Lipinski definition) is 5. The van der Waals surface area contributed by atoms with E-state index in [0.717, 1.165) is 5.69 Å². The van der Waals surface area contributed by atoms with Gasteiger partial charge in [0.1, 0.15) is 11.5 Å². The number of carbonyl (C=O) groups is 1. The Hall–Kier alpha value is -3.71. The summed E-state index contributed by atoms with van der Waals surface area (Å²) in [6, 6.07) is 14.7. The van der Waals surface area contributed by atoms with Crippen molar-refractivity contribution in [2.75, 3.05) is 13.7 Å². The maximum absolute atomic E-state index is 14.2. The van der Waals surface area contributed by atoms with Gasteiger partial charge in [-0.3, -0.25) is 14.8 Å². The number of hydrogen-bond donors (Lipinski definition) is 1. The van der Waals surface area contributed by atoms with Crippen LogP contribution in [0.15, 0.2) is 67.0 Å². The van der Waals surface area contributed by atoms with Crippen molar-refractivity contribution in [1.29, 1.82) is 0 Å². The third-order valence-electron chi connectivity index (χ3n) is 4.77. The molecular weight excluding hydrogens is 433 g/mol. The summed E-state index contributed by atoms with van der Waals surface area (Å²) in [4.78, 5) is 21.4. The van der Waals surface area contributed by atoms with Crippen LogP contribution in [0.4, 0.5) is 4.39 Å². The SMILES string of the molecule is COc1cc2nccc(Oc3ccc(Cl)cc3F)c2cc1C(=O)NCCc1ccccn1. The molecule has 0 fully saturated rings. The lowest BCUT2D eigenvalue weighted by atomic mass is 10.1. The summed E-state index contributed by atoms with van der Waals surface area (Å²) in [7, 11) is 1.48. The fourth-order valence-electron chi connectivity index (χ4n) is 3.21. The molecule has 0 saturated heterocycles. The van der Waals surface area contributed by atoms with Crippen molar-refractivity contribution in [3.05, 3.63) is 89.1 Å². The molecule has 6 nitrogen and oxygen atoms in total. The highest BCUT2D eigenvalue weighted by Gasteiger charge is 2.17. The van der Waals surface area contributed by atoms with E-state index in [1.165, 1.54) is 31.5 Å². The van der Waals surface area contributed by atoms with Gasteiger partial charge < -0.3 is 14.8 Å². The summed E-state index contributed by atoms with van der Waals surface area (Å²) in [5.41, 5.74) is 1.73. The van der Waals surface area contributed by atoms with Crippen molar-refractivity contribution in [3.8, 4) is 17.2 Å². The molecule has 4 rings (SSSR count). The highest BCUT2D eigenvalue weighted by atomic mass is 35.5. The number of aromatic nitrogens is 2. The zero-order valence-corrected chi connectivity index (χ0v) is 17.9. The molecule has 0 aliphatic rings. The lowest BCUT2D eigenvalue weighted by Gasteiger charge is -2.13. The monoisotopic (exact) mass is 451 g/mol. The zero-order chi connectivity index (χ0) is 22.5. The Morgan fingerprint density at radius 3 is 2.66 bits per heavy atom. The van der Waals surface area contributed by atoms with Gasteiger partial charge in [0.2, 0.25) is 0 Å². The number of fused-ring (bicyclic) bond motifs is 1. The molecule has 1 N–H and O–H groups in total. The van der Waals surface area contributed by atoms with Crippen molar-refractivity contribution in [2.45, 2.75) is 6.42 Å². The van der Waals surface area contributed by atoms with Gasteiger partial charge in [-0.25, -0.2) is 4.39 Å². The van der Waals surface area contributed by atoms with Crippen LogP contribution in [0.5, 0.6) is 17.2 Å². The summed E-state index contributed by atoms with van der Waals surface area (Å²) in [5.74, 6) is -0.175. The Kier molecular flexibility index (Phi) is 6.47. The molecule has 0 atom stereocenters. The molecule has 0 saturated carbocycles.